The largest absolute Gasteiger partial charge is 0.384 e. The number of hydrogen-bond acceptors (Lipinski definition) is 5. The van der Waals surface area contributed by atoms with Gasteiger partial charge in [-0.2, -0.15) is 4.98 Å². The van der Waals surface area contributed by atoms with Crippen LogP contribution in [-0.4, -0.2) is 50.9 Å². The van der Waals surface area contributed by atoms with Crippen LogP contribution in [0.4, 0.5) is 11.8 Å². The van der Waals surface area contributed by atoms with Crippen molar-refractivity contribution in [2.24, 2.45) is 5.92 Å². The second-order valence-corrected chi connectivity index (χ2v) is 5.35. The summed E-state index contributed by atoms with van der Waals surface area (Å²) in [5.41, 5.74) is 0. The highest BCUT2D eigenvalue weighted by Crippen LogP contribution is 2.22. The lowest BCUT2D eigenvalue weighted by molar-refractivity contribution is 0.146. The van der Waals surface area contributed by atoms with Gasteiger partial charge in [0.2, 0.25) is 5.95 Å². The molecule has 1 aromatic heterocycles. The van der Waals surface area contributed by atoms with Crippen molar-refractivity contribution >= 4 is 11.8 Å². The van der Waals surface area contributed by atoms with E-state index in [1.54, 1.807) is 7.11 Å². The zero-order valence-electron chi connectivity index (χ0n) is 12.2. The maximum atomic E-state index is 5.28. The van der Waals surface area contributed by atoms with E-state index in [-0.39, 0.29) is 0 Å². The lowest BCUT2D eigenvalue weighted by Gasteiger charge is -2.22. The third-order valence-corrected chi connectivity index (χ3v) is 3.60. The minimum atomic E-state index is 0.685. The molecule has 1 aliphatic rings. The first-order chi connectivity index (χ1) is 9.20. The molecule has 19 heavy (non-hydrogen) atoms. The van der Waals surface area contributed by atoms with Crippen molar-refractivity contribution < 1.29 is 4.74 Å². The number of ether oxygens (including phenoxy) is 1. The molecule has 1 aromatic rings. The molecular weight excluding hydrogens is 240 g/mol. The molecule has 0 aliphatic carbocycles. The molecular formula is C14H24N4O. The Morgan fingerprint density at radius 1 is 1.37 bits per heavy atom. The Labute approximate surface area is 115 Å². The predicted octanol–water partition coefficient (Wildman–Crippen LogP) is 1.80. The summed E-state index contributed by atoms with van der Waals surface area (Å²) in [7, 11) is 5.72. The highest BCUT2D eigenvalue weighted by atomic mass is 16.5. The van der Waals surface area contributed by atoms with Crippen molar-refractivity contribution in [3.8, 4) is 0 Å². The van der Waals surface area contributed by atoms with E-state index in [9.17, 15) is 0 Å². The molecule has 1 aliphatic heterocycles. The Kier molecular flexibility index (Phi) is 4.96. The van der Waals surface area contributed by atoms with E-state index in [0.29, 0.717) is 5.92 Å². The van der Waals surface area contributed by atoms with E-state index >= 15 is 0 Å². The molecule has 0 spiro atoms. The molecule has 2 heterocycles. The Bertz CT molecular complexity index is 397. The fourth-order valence-electron chi connectivity index (χ4n) is 2.53. The van der Waals surface area contributed by atoms with E-state index in [1.165, 1.54) is 19.3 Å². The summed E-state index contributed by atoms with van der Waals surface area (Å²) in [4.78, 5) is 13.2. The number of hydrogen-bond donors (Lipinski definition) is 0. The van der Waals surface area contributed by atoms with Gasteiger partial charge in [-0.3, -0.25) is 0 Å². The number of methoxy groups -OCH3 is 1. The molecule has 5 nitrogen and oxygen atoms in total. The summed E-state index contributed by atoms with van der Waals surface area (Å²) in [5.74, 6) is 2.50. The quantitative estimate of drug-likeness (QED) is 0.829. The predicted molar refractivity (Wildman–Crippen MR) is 77.8 cm³/mol. The molecule has 1 saturated heterocycles. The maximum absolute atomic E-state index is 5.28. The average Bonchev–Trinajstić information content (AvgIpc) is 2.65. The highest BCUT2D eigenvalue weighted by Gasteiger charge is 2.18. The summed E-state index contributed by atoms with van der Waals surface area (Å²) in [5, 5.41) is 0. The summed E-state index contributed by atoms with van der Waals surface area (Å²) >= 11 is 0. The van der Waals surface area contributed by atoms with Crippen LogP contribution in [0.15, 0.2) is 12.3 Å². The molecule has 1 unspecified atom stereocenters. The zero-order chi connectivity index (χ0) is 13.7. The minimum absolute atomic E-state index is 0.685. The van der Waals surface area contributed by atoms with Gasteiger partial charge in [-0.15, -0.1) is 0 Å². The zero-order valence-corrected chi connectivity index (χ0v) is 12.2. The van der Waals surface area contributed by atoms with Gasteiger partial charge in [-0.05, 0) is 31.2 Å². The van der Waals surface area contributed by atoms with Gasteiger partial charge in [0.1, 0.15) is 5.82 Å². The maximum Gasteiger partial charge on any atom is 0.226 e. The Morgan fingerprint density at radius 2 is 2.21 bits per heavy atom. The number of anilines is 2. The van der Waals surface area contributed by atoms with Crippen LogP contribution in [0.2, 0.25) is 0 Å². The number of rotatable bonds is 4. The van der Waals surface area contributed by atoms with Gasteiger partial charge in [-0.1, -0.05) is 0 Å². The molecule has 0 bridgehead atoms. The van der Waals surface area contributed by atoms with E-state index in [0.717, 1.165) is 31.5 Å². The van der Waals surface area contributed by atoms with Crippen LogP contribution < -0.4 is 9.80 Å². The van der Waals surface area contributed by atoms with Crippen LogP contribution in [0.3, 0.4) is 0 Å². The lowest BCUT2D eigenvalue weighted by atomic mass is 10.0. The summed E-state index contributed by atoms with van der Waals surface area (Å²) in [6.07, 6.45) is 5.47. The minimum Gasteiger partial charge on any atom is -0.384 e. The number of nitrogens with zero attached hydrogens (tertiary/aromatic N) is 4. The van der Waals surface area contributed by atoms with Crippen LogP contribution in [0.1, 0.15) is 19.3 Å². The Morgan fingerprint density at radius 3 is 2.95 bits per heavy atom. The molecule has 0 saturated carbocycles. The second kappa shape index (κ2) is 6.70. The third kappa shape index (κ3) is 3.80. The molecule has 0 amide bonds. The molecule has 0 N–H and O–H groups in total. The summed E-state index contributed by atoms with van der Waals surface area (Å²) in [6.45, 7) is 3.00. The third-order valence-electron chi connectivity index (χ3n) is 3.60. The van der Waals surface area contributed by atoms with Gasteiger partial charge < -0.3 is 14.5 Å². The molecule has 0 radical (unpaired) electrons. The van der Waals surface area contributed by atoms with Crippen molar-refractivity contribution in [2.75, 3.05) is 50.7 Å². The lowest BCUT2D eigenvalue weighted by Crippen LogP contribution is -2.26. The van der Waals surface area contributed by atoms with Crippen LogP contribution >= 0.6 is 0 Å². The standard InChI is InChI=1S/C14H24N4O/c1-17(2)14-15-8-6-13(16-14)18-9-4-5-12(7-10-18)11-19-3/h6,8,12H,4-5,7,9-11H2,1-3H3. The van der Waals surface area contributed by atoms with E-state index in [4.69, 9.17) is 4.74 Å². The van der Waals surface area contributed by atoms with Gasteiger partial charge in [0.05, 0.1) is 0 Å². The van der Waals surface area contributed by atoms with Crippen molar-refractivity contribution in [2.45, 2.75) is 19.3 Å². The highest BCUT2D eigenvalue weighted by molar-refractivity contribution is 5.43. The second-order valence-electron chi connectivity index (χ2n) is 5.35. The number of aromatic nitrogens is 2. The average molecular weight is 264 g/mol. The van der Waals surface area contributed by atoms with Crippen molar-refractivity contribution in [3.63, 3.8) is 0 Å². The first-order valence-corrected chi connectivity index (χ1v) is 6.95. The van der Waals surface area contributed by atoms with Gasteiger partial charge in [-0.25, -0.2) is 4.98 Å². The first kappa shape index (κ1) is 14.1. The van der Waals surface area contributed by atoms with E-state index in [2.05, 4.69) is 14.9 Å². The van der Waals surface area contributed by atoms with Crippen LogP contribution in [0.5, 0.6) is 0 Å². The van der Waals surface area contributed by atoms with Gasteiger partial charge in [0.15, 0.2) is 0 Å². The molecule has 1 fully saturated rings. The van der Waals surface area contributed by atoms with Crippen LogP contribution in [-0.2, 0) is 4.74 Å². The van der Waals surface area contributed by atoms with Gasteiger partial charge >= 0.3 is 0 Å². The first-order valence-electron chi connectivity index (χ1n) is 6.95. The summed E-state index contributed by atoms with van der Waals surface area (Å²) in [6, 6.07) is 2.00. The molecule has 2 rings (SSSR count). The molecule has 0 aromatic carbocycles. The van der Waals surface area contributed by atoms with E-state index in [1.807, 2.05) is 31.3 Å². The van der Waals surface area contributed by atoms with E-state index < -0.39 is 0 Å². The van der Waals surface area contributed by atoms with Gasteiger partial charge in [0.25, 0.3) is 0 Å². The SMILES string of the molecule is COCC1CCCN(c2ccnc(N(C)C)n2)CC1. The normalized spacial score (nSPS) is 20.2. The summed E-state index contributed by atoms with van der Waals surface area (Å²) < 4.78 is 5.28. The fraction of sp³-hybridized carbons (Fsp3) is 0.714. The van der Waals surface area contributed by atoms with Crippen molar-refractivity contribution in [1.82, 2.24) is 9.97 Å². The Hall–Kier alpha value is -1.36. The monoisotopic (exact) mass is 264 g/mol. The van der Waals surface area contributed by atoms with Gasteiger partial charge in [0, 0.05) is 47.1 Å². The Balaban J connectivity index is 2.03. The smallest absolute Gasteiger partial charge is 0.226 e. The molecule has 5 heteroatoms. The van der Waals surface area contributed by atoms with Crippen molar-refractivity contribution in [3.05, 3.63) is 12.3 Å². The van der Waals surface area contributed by atoms with Crippen molar-refractivity contribution in [1.29, 1.82) is 0 Å². The molecule has 106 valence electrons. The fourth-order valence-corrected chi connectivity index (χ4v) is 2.53. The van der Waals surface area contributed by atoms with Crippen LogP contribution in [0.25, 0.3) is 0 Å². The molecule has 1 atom stereocenters. The van der Waals surface area contributed by atoms with Crippen LogP contribution in [0, 0.1) is 5.92 Å². The topological polar surface area (TPSA) is 41.5 Å².